The first-order valence-corrected chi connectivity index (χ1v) is 13.2. The van der Waals surface area contributed by atoms with Crippen molar-refractivity contribution < 1.29 is 14.3 Å². The van der Waals surface area contributed by atoms with E-state index in [9.17, 15) is 9.59 Å². The number of ether oxygens (including phenoxy) is 1. The van der Waals surface area contributed by atoms with Gasteiger partial charge in [0.15, 0.2) is 0 Å². The summed E-state index contributed by atoms with van der Waals surface area (Å²) in [5, 5.41) is 6.42. The molecule has 2 fully saturated rings. The molecule has 198 valence electrons. The fourth-order valence-electron chi connectivity index (χ4n) is 5.50. The Morgan fingerprint density at radius 1 is 1.08 bits per heavy atom. The van der Waals surface area contributed by atoms with E-state index < -0.39 is 0 Å². The van der Waals surface area contributed by atoms with Crippen molar-refractivity contribution in [2.24, 2.45) is 0 Å². The zero-order valence-electron chi connectivity index (χ0n) is 22.0. The molecular weight excluding hydrogens is 470 g/mol. The standard InChI is InChI=1S/C27H37N7O3/c1-32-12-10-20(11-13-32)29-26(36)18-8-9-22(23(14-18)37-3)30-27-28-15-19-16-33(2)24(35)17-34(25(19)31-27)21-6-4-5-7-21/h8-9,14-15,20-21H,4-7,10-13,16-17H2,1-3H3,(H,29,36)(H,28,30,31). The Kier molecular flexibility index (Phi) is 7.45. The van der Waals surface area contributed by atoms with E-state index in [2.05, 4.69) is 32.5 Å². The second-order valence-electron chi connectivity index (χ2n) is 10.4. The molecule has 0 radical (unpaired) electrons. The first-order chi connectivity index (χ1) is 17.9. The number of amides is 2. The van der Waals surface area contributed by atoms with Gasteiger partial charge in [0.25, 0.3) is 5.91 Å². The zero-order chi connectivity index (χ0) is 25.9. The summed E-state index contributed by atoms with van der Waals surface area (Å²) in [4.78, 5) is 41.2. The lowest BCUT2D eigenvalue weighted by Gasteiger charge is -2.29. The zero-order valence-corrected chi connectivity index (χ0v) is 22.0. The molecule has 1 aliphatic carbocycles. The van der Waals surface area contributed by atoms with Crippen molar-refractivity contribution in [2.75, 3.05) is 51.1 Å². The van der Waals surface area contributed by atoms with Gasteiger partial charge >= 0.3 is 0 Å². The molecule has 2 amide bonds. The number of anilines is 3. The van der Waals surface area contributed by atoms with E-state index >= 15 is 0 Å². The highest BCUT2D eigenvalue weighted by Gasteiger charge is 2.32. The van der Waals surface area contributed by atoms with Gasteiger partial charge in [-0.3, -0.25) is 9.59 Å². The topological polar surface area (TPSA) is 103 Å². The third kappa shape index (κ3) is 5.64. The van der Waals surface area contributed by atoms with Crippen molar-refractivity contribution >= 4 is 29.3 Å². The summed E-state index contributed by atoms with van der Waals surface area (Å²) in [6, 6.07) is 5.86. The molecule has 2 aliphatic heterocycles. The van der Waals surface area contributed by atoms with Crippen molar-refractivity contribution in [3.63, 3.8) is 0 Å². The highest BCUT2D eigenvalue weighted by Crippen LogP contribution is 2.33. The summed E-state index contributed by atoms with van der Waals surface area (Å²) >= 11 is 0. The number of piperidine rings is 1. The molecule has 2 aromatic rings. The molecule has 1 aromatic carbocycles. The second kappa shape index (κ2) is 10.9. The average molecular weight is 508 g/mol. The summed E-state index contributed by atoms with van der Waals surface area (Å²) in [6.07, 6.45) is 8.19. The number of methoxy groups -OCH3 is 1. The van der Waals surface area contributed by atoms with Crippen LogP contribution in [0.25, 0.3) is 0 Å². The maximum Gasteiger partial charge on any atom is 0.251 e. The molecule has 10 nitrogen and oxygen atoms in total. The minimum Gasteiger partial charge on any atom is -0.495 e. The van der Waals surface area contributed by atoms with E-state index in [1.807, 2.05) is 13.1 Å². The lowest BCUT2D eigenvalue weighted by Crippen LogP contribution is -2.43. The van der Waals surface area contributed by atoms with Crippen molar-refractivity contribution in [1.82, 2.24) is 25.1 Å². The number of hydrogen-bond donors (Lipinski definition) is 2. The smallest absolute Gasteiger partial charge is 0.251 e. The van der Waals surface area contributed by atoms with Crippen LogP contribution in [0.2, 0.25) is 0 Å². The van der Waals surface area contributed by atoms with Crippen LogP contribution in [0.1, 0.15) is 54.4 Å². The van der Waals surface area contributed by atoms with Crippen LogP contribution in [0.5, 0.6) is 5.75 Å². The largest absolute Gasteiger partial charge is 0.495 e. The molecule has 1 aromatic heterocycles. The first kappa shape index (κ1) is 25.3. The Morgan fingerprint density at radius 3 is 2.57 bits per heavy atom. The number of carbonyl (C=O) groups excluding carboxylic acids is 2. The average Bonchev–Trinajstić information content (AvgIpc) is 3.40. The molecule has 2 N–H and O–H groups in total. The number of nitrogens with one attached hydrogen (secondary N) is 2. The number of likely N-dealkylation sites (tertiary alicyclic amines) is 1. The van der Waals surface area contributed by atoms with Crippen LogP contribution in [-0.2, 0) is 11.3 Å². The molecule has 0 spiro atoms. The maximum absolute atomic E-state index is 12.9. The van der Waals surface area contributed by atoms with Crippen LogP contribution in [0.3, 0.4) is 0 Å². The fourth-order valence-corrected chi connectivity index (χ4v) is 5.50. The molecule has 0 unspecified atom stereocenters. The van der Waals surface area contributed by atoms with E-state index in [4.69, 9.17) is 9.72 Å². The van der Waals surface area contributed by atoms with Crippen molar-refractivity contribution in [3.05, 3.63) is 35.5 Å². The highest BCUT2D eigenvalue weighted by atomic mass is 16.5. The predicted molar refractivity (Wildman–Crippen MR) is 142 cm³/mol. The third-order valence-corrected chi connectivity index (χ3v) is 7.78. The molecule has 5 rings (SSSR count). The van der Waals surface area contributed by atoms with Gasteiger partial charge < -0.3 is 30.1 Å². The van der Waals surface area contributed by atoms with E-state index in [0.29, 0.717) is 42.1 Å². The van der Waals surface area contributed by atoms with Gasteiger partial charge in [-0.2, -0.15) is 4.98 Å². The van der Waals surface area contributed by atoms with Crippen LogP contribution in [-0.4, -0.2) is 84.5 Å². The molecule has 0 bridgehead atoms. The summed E-state index contributed by atoms with van der Waals surface area (Å²) < 4.78 is 5.61. The van der Waals surface area contributed by atoms with E-state index in [1.54, 1.807) is 30.3 Å². The molecule has 37 heavy (non-hydrogen) atoms. The van der Waals surface area contributed by atoms with Gasteiger partial charge in [0.2, 0.25) is 11.9 Å². The van der Waals surface area contributed by atoms with Crippen molar-refractivity contribution in [1.29, 1.82) is 0 Å². The fraction of sp³-hybridized carbons (Fsp3) is 0.556. The van der Waals surface area contributed by atoms with Gasteiger partial charge in [0.1, 0.15) is 11.6 Å². The third-order valence-electron chi connectivity index (χ3n) is 7.78. The van der Waals surface area contributed by atoms with Crippen LogP contribution in [0, 0.1) is 0 Å². The second-order valence-corrected chi connectivity index (χ2v) is 10.4. The minimum absolute atomic E-state index is 0.0928. The summed E-state index contributed by atoms with van der Waals surface area (Å²) in [5.41, 5.74) is 2.17. The Morgan fingerprint density at radius 2 is 1.84 bits per heavy atom. The van der Waals surface area contributed by atoms with E-state index in [-0.39, 0.29) is 17.9 Å². The lowest BCUT2D eigenvalue weighted by molar-refractivity contribution is -0.128. The van der Waals surface area contributed by atoms with E-state index in [1.165, 1.54) is 12.8 Å². The van der Waals surface area contributed by atoms with Gasteiger partial charge in [-0.25, -0.2) is 4.98 Å². The quantitative estimate of drug-likeness (QED) is 0.615. The van der Waals surface area contributed by atoms with Gasteiger partial charge in [0, 0.05) is 36.5 Å². The maximum atomic E-state index is 12.9. The number of fused-ring (bicyclic) bond motifs is 1. The number of hydrogen-bond acceptors (Lipinski definition) is 8. The predicted octanol–water partition coefficient (Wildman–Crippen LogP) is 2.77. The Bertz CT molecular complexity index is 1140. The van der Waals surface area contributed by atoms with E-state index in [0.717, 1.165) is 50.2 Å². The number of carbonyl (C=O) groups is 2. The molecule has 1 saturated carbocycles. The molecule has 10 heteroatoms. The number of nitrogens with zero attached hydrogens (tertiary/aromatic N) is 5. The number of aromatic nitrogens is 2. The Hall–Kier alpha value is -3.40. The van der Waals surface area contributed by atoms with Gasteiger partial charge in [-0.15, -0.1) is 0 Å². The minimum atomic E-state index is -0.0957. The number of rotatable bonds is 6. The monoisotopic (exact) mass is 507 g/mol. The van der Waals surface area contributed by atoms with Gasteiger partial charge in [-0.1, -0.05) is 12.8 Å². The molecule has 1 saturated heterocycles. The van der Waals surface area contributed by atoms with Crippen LogP contribution in [0.15, 0.2) is 24.4 Å². The van der Waals surface area contributed by atoms with Crippen molar-refractivity contribution in [3.8, 4) is 5.75 Å². The molecule has 3 heterocycles. The molecular formula is C27H37N7O3. The van der Waals surface area contributed by atoms with Gasteiger partial charge in [-0.05, 0) is 64.0 Å². The van der Waals surface area contributed by atoms with Crippen LogP contribution >= 0.6 is 0 Å². The molecule has 3 aliphatic rings. The highest BCUT2D eigenvalue weighted by molar-refractivity contribution is 5.95. The number of likely N-dealkylation sites (N-methyl/N-ethyl adjacent to an activating group) is 1. The SMILES string of the molecule is COc1cc(C(=O)NC2CCN(C)CC2)ccc1Nc1ncc2c(n1)N(C1CCCC1)CC(=O)N(C)C2. The Labute approximate surface area is 218 Å². The number of benzene rings is 1. The summed E-state index contributed by atoms with van der Waals surface area (Å²) in [7, 11) is 5.51. The summed E-state index contributed by atoms with van der Waals surface area (Å²) in [6.45, 7) is 2.79. The summed E-state index contributed by atoms with van der Waals surface area (Å²) in [5.74, 6) is 1.78. The van der Waals surface area contributed by atoms with Crippen LogP contribution < -0.4 is 20.3 Å². The van der Waals surface area contributed by atoms with Crippen molar-refractivity contribution in [2.45, 2.75) is 57.2 Å². The normalized spacial score (nSPS) is 19.5. The first-order valence-electron chi connectivity index (χ1n) is 13.2. The van der Waals surface area contributed by atoms with Gasteiger partial charge in [0.05, 0.1) is 25.9 Å². The molecule has 0 atom stereocenters. The lowest BCUT2D eigenvalue weighted by atomic mass is 10.0. The van der Waals surface area contributed by atoms with Crippen LogP contribution in [0.4, 0.5) is 17.5 Å². The Balaban J connectivity index is 1.35.